The van der Waals surface area contributed by atoms with Crippen LogP contribution in [0, 0.1) is 0 Å². The minimum atomic E-state index is -1.28. The first-order valence-corrected chi connectivity index (χ1v) is 4.41. The van der Waals surface area contributed by atoms with Crippen LogP contribution in [0.5, 0.6) is 0 Å². The Balaban J connectivity index is 1.70. The third-order valence-corrected chi connectivity index (χ3v) is 2.14. The van der Waals surface area contributed by atoms with Crippen LogP contribution in [-0.2, 0) is 19.0 Å². The van der Waals surface area contributed by atoms with Gasteiger partial charge < -0.3 is 19.3 Å². The van der Waals surface area contributed by atoms with Gasteiger partial charge in [0.1, 0.15) is 0 Å². The number of epoxide rings is 2. The van der Waals surface area contributed by atoms with Crippen LogP contribution >= 0.6 is 0 Å². The maximum Gasteiger partial charge on any atom is 0.340 e. The molecule has 2 aliphatic heterocycles. The van der Waals surface area contributed by atoms with Crippen LogP contribution in [0.25, 0.3) is 0 Å². The summed E-state index contributed by atoms with van der Waals surface area (Å²) >= 11 is 0. The van der Waals surface area contributed by atoms with Gasteiger partial charge in [0.25, 0.3) is 5.79 Å². The third kappa shape index (κ3) is 1.43. The molecule has 0 bridgehead atoms. The van der Waals surface area contributed by atoms with E-state index >= 15 is 0 Å². The molecule has 1 N–H and O–H groups in total. The van der Waals surface area contributed by atoms with Gasteiger partial charge in [0.05, 0.1) is 6.61 Å². The van der Waals surface area contributed by atoms with Crippen molar-refractivity contribution in [2.75, 3.05) is 6.61 Å². The molecule has 0 radical (unpaired) electrons. The van der Waals surface area contributed by atoms with E-state index in [4.69, 9.17) is 14.2 Å². The molecule has 0 saturated carbocycles. The number of hydrogen-bond acceptors (Lipinski definition) is 5. The molecule has 0 aromatic rings. The molecule has 13 heavy (non-hydrogen) atoms. The van der Waals surface area contributed by atoms with Gasteiger partial charge in [0.15, 0.2) is 0 Å². The summed E-state index contributed by atoms with van der Waals surface area (Å²) in [6.45, 7) is 2.33. The number of unbranched alkanes of at least 4 members (excludes halogenated alkanes) is 1. The number of aliphatic hydroxyl groups is 1. The smallest absolute Gasteiger partial charge is 0.340 e. The highest BCUT2D eigenvalue weighted by Crippen LogP contribution is 2.58. The summed E-state index contributed by atoms with van der Waals surface area (Å²) in [5.41, 5.74) is 0. The second kappa shape index (κ2) is 2.94. The van der Waals surface area contributed by atoms with Crippen LogP contribution in [0.3, 0.4) is 0 Å². The van der Waals surface area contributed by atoms with Crippen molar-refractivity contribution in [1.29, 1.82) is 0 Å². The molecule has 5 heteroatoms. The molecule has 2 saturated heterocycles. The fourth-order valence-corrected chi connectivity index (χ4v) is 1.09. The number of fused-ring (bicyclic) bond motifs is 1. The molecule has 0 aliphatic carbocycles. The average Bonchev–Trinajstić information content (AvgIpc) is 2.90. The number of ether oxygens (including phenoxy) is 3. The highest BCUT2D eigenvalue weighted by molar-refractivity contribution is 5.77. The van der Waals surface area contributed by atoms with E-state index in [1.165, 1.54) is 0 Å². The first-order chi connectivity index (χ1) is 6.20. The molecule has 1 atom stereocenters. The van der Waals surface area contributed by atoms with Crippen molar-refractivity contribution in [1.82, 2.24) is 0 Å². The summed E-state index contributed by atoms with van der Waals surface area (Å²) in [7, 11) is 0. The predicted molar refractivity (Wildman–Crippen MR) is 40.6 cm³/mol. The number of aliphatic hydroxyl groups excluding tert-OH is 1. The zero-order chi connectivity index (χ0) is 9.47. The van der Waals surface area contributed by atoms with Crippen molar-refractivity contribution in [3.8, 4) is 0 Å². The van der Waals surface area contributed by atoms with E-state index in [0.29, 0.717) is 6.61 Å². The molecule has 2 rings (SSSR count). The van der Waals surface area contributed by atoms with Crippen LogP contribution in [0.2, 0.25) is 0 Å². The predicted octanol–water partition coefficient (Wildman–Crippen LogP) is -0.227. The van der Waals surface area contributed by atoms with Crippen molar-refractivity contribution >= 4 is 5.97 Å². The second-order valence-electron chi connectivity index (χ2n) is 3.21. The van der Waals surface area contributed by atoms with Gasteiger partial charge in [-0.2, -0.15) is 0 Å². The summed E-state index contributed by atoms with van der Waals surface area (Å²) in [6, 6.07) is 0. The van der Waals surface area contributed by atoms with Crippen LogP contribution < -0.4 is 0 Å². The van der Waals surface area contributed by atoms with Crippen molar-refractivity contribution in [2.24, 2.45) is 0 Å². The highest BCUT2D eigenvalue weighted by atomic mass is 17.0. The SMILES string of the molecule is CCCCOC(=O)[C@H](O)C12OC1O2. The number of carbonyl (C=O) groups is 1. The molecule has 0 aromatic carbocycles. The standard InChI is InChI=1S/C8H12O5/c1-2-3-4-11-6(10)5(9)8-7(12-8)13-8/h5,7,9H,2-4H2,1H3/t5-,7?,8?/m0/s1. The first kappa shape index (κ1) is 8.93. The maximum atomic E-state index is 11.1. The Kier molecular flexibility index (Phi) is 2.02. The van der Waals surface area contributed by atoms with Crippen LogP contribution in [0.15, 0.2) is 0 Å². The lowest BCUT2D eigenvalue weighted by Gasteiger charge is -2.09. The van der Waals surface area contributed by atoms with Crippen molar-refractivity contribution in [3.63, 3.8) is 0 Å². The van der Waals surface area contributed by atoms with Crippen molar-refractivity contribution in [3.05, 3.63) is 0 Å². The van der Waals surface area contributed by atoms with Gasteiger partial charge in [-0.1, -0.05) is 13.3 Å². The van der Waals surface area contributed by atoms with Crippen LogP contribution in [0.1, 0.15) is 19.8 Å². The van der Waals surface area contributed by atoms with Crippen LogP contribution in [0.4, 0.5) is 0 Å². The Morgan fingerprint density at radius 2 is 2.31 bits per heavy atom. The highest BCUT2D eigenvalue weighted by Gasteiger charge is 2.83. The topological polar surface area (TPSA) is 71.6 Å². The Morgan fingerprint density at radius 3 is 2.77 bits per heavy atom. The van der Waals surface area contributed by atoms with Gasteiger partial charge in [0.2, 0.25) is 12.4 Å². The number of rotatable bonds is 5. The molecule has 2 aliphatic rings. The molecular formula is C8H12O5. The Labute approximate surface area is 75.6 Å². The van der Waals surface area contributed by atoms with E-state index in [0.717, 1.165) is 12.8 Å². The normalized spacial score (nSPS) is 36.3. The molecule has 0 spiro atoms. The van der Waals surface area contributed by atoms with E-state index in [1.807, 2.05) is 6.92 Å². The first-order valence-electron chi connectivity index (χ1n) is 4.41. The van der Waals surface area contributed by atoms with E-state index in [9.17, 15) is 9.90 Å². The molecule has 5 nitrogen and oxygen atoms in total. The number of carbonyl (C=O) groups excluding carboxylic acids is 1. The molecular weight excluding hydrogens is 176 g/mol. The number of esters is 1. The molecule has 2 fully saturated rings. The summed E-state index contributed by atoms with van der Waals surface area (Å²) in [5, 5.41) is 9.33. The van der Waals surface area contributed by atoms with Gasteiger partial charge in [-0.3, -0.25) is 0 Å². The molecule has 0 aromatic heterocycles. The second-order valence-corrected chi connectivity index (χ2v) is 3.21. The minimum Gasteiger partial charge on any atom is -0.464 e. The van der Waals surface area contributed by atoms with Crippen molar-refractivity contribution in [2.45, 2.75) is 37.9 Å². The van der Waals surface area contributed by atoms with E-state index in [1.54, 1.807) is 0 Å². The quantitative estimate of drug-likeness (QED) is 0.366. The fourth-order valence-electron chi connectivity index (χ4n) is 1.09. The summed E-state index contributed by atoms with van der Waals surface area (Å²) in [5.74, 6) is -1.68. The fraction of sp³-hybridized carbons (Fsp3) is 0.875. The Morgan fingerprint density at radius 1 is 1.69 bits per heavy atom. The summed E-state index contributed by atoms with van der Waals surface area (Å²) in [4.78, 5) is 11.1. The molecule has 74 valence electrons. The zero-order valence-electron chi connectivity index (χ0n) is 7.36. The van der Waals surface area contributed by atoms with E-state index in [2.05, 4.69) is 0 Å². The molecule has 0 unspecified atom stereocenters. The largest absolute Gasteiger partial charge is 0.464 e. The number of hydrogen-bond donors (Lipinski definition) is 1. The third-order valence-electron chi connectivity index (χ3n) is 2.14. The lowest BCUT2D eigenvalue weighted by Crippen LogP contribution is -2.33. The average molecular weight is 188 g/mol. The molecule has 0 amide bonds. The Bertz CT molecular complexity index is 221. The van der Waals surface area contributed by atoms with E-state index < -0.39 is 17.9 Å². The van der Waals surface area contributed by atoms with Gasteiger partial charge in [-0.05, 0) is 6.42 Å². The van der Waals surface area contributed by atoms with Crippen LogP contribution in [-0.4, -0.2) is 35.9 Å². The van der Waals surface area contributed by atoms with Crippen molar-refractivity contribution < 1.29 is 24.1 Å². The lowest BCUT2D eigenvalue weighted by atomic mass is 10.2. The molecule has 2 heterocycles. The van der Waals surface area contributed by atoms with Gasteiger partial charge >= 0.3 is 5.97 Å². The zero-order valence-corrected chi connectivity index (χ0v) is 7.36. The lowest BCUT2D eigenvalue weighted by molar-refractivity contribution is -0.170. The van der Waals surface area contributed by atoms with Gasteiger partial charge in [-0.15, -0.1) is 0 Å². The Hall–Kier alpha value is -0.650. The summed E-state index contributed by atoms with van der Waals surface area (Å²) < 4.78 is 14.4. The minimum absolute atomic E-state index is 0.340. The van der Waals surface area contributed by atoms with E-state index in [-0.39, 0.29) is 6.29 Å². The monoisotopic (exact) mass is 188 g/mol. The van der Waals surface area contributed by atoms with Gasteiger partial charge in [-0.25, -0.2) is 4.79 Å². The van der Waals surface area contributed by atoms with Gasteiger partial charge in [0, 0.05) is 0 Å². The maximum absolute atomic E-state index is 11.1. The summed E-state index contributed by atoms with van der Waals surface area (Å²) in [6.07, 6.45) is 0.0939.